The van der Waals surface area contributed by atoms with Gasteiger partial charge in [0, 0.05) is 12.3 Å². The molecule has 0 bridgehead atoms. The Hall–Kier alpha value is -0.810. The Balaban J connectivity index is 2.09. The van der Waals surface area contributed by atoms with Gasteiger partial charge in [0.1, 0.15) is 9.84 Å². The standard InChI is InChI=1S/C13H17ClFNO2S/c1-19(17,18)10-5-2-4-9(8-10)16-12-7-3-6-11(14)13(12)15/h3,6-7,9-10,16H,2,4-5,8H2,1H3. The van der Waals surface area contributed by atoms with Gasteiger partial charge in [0.05, 0.1) is 16.0 Å². The number of benzene rings is 1. The van der Waals surface area contributed by atoms with E-state index in [9.17, 15) is 12.8 Å². The van der Waals surface area contributed by atoms with E-state index in [2.05, 4.69) is 5.32 Å². The Bertz CT molecular complexity index is 562. The highest BCUT2D eigenvalue weighted by molar-refractivity contribution is 7.91. The molecule has 0 saturated heterocycles. The molecule has 2 atom stereocenters. The van der Waals surface area contributed by atoms with Crippen LogP contribution in [0.15, 0.2) is 18.2 Å². The summed E-state index contributed by atoms with van der Waals surface area (Å²) in [6, 6.07) is 4.75. The van der Waals surface area contributed by atoms with Gasteiger partial charge >= 0.3 is 0 Å². The van der Waals surface area contributed by atoms with Gasteiger partial charge in [-0.3, -0.25) is 0 Å². The molecule has 1 aromatic rings. The fourth-order valence-electron chi connectivity index (χ4n) is 2.50. The summed E-state index contributed by atoms with van der Waals surface area (Å²) in [6.07, 6.45) is 4.15. The quantitative estimate of drug-likeness (QED) is 0.932. The van der Waals surface area contributed by atoms with Crippen molar-refractivity contribution >= 4 is 27.1 Å². The third-order valence-electron chi connectivity index (χ3n) is 3.54. The third kappa shape index (κ3) is 3.60. The minimum Gasteiger partial charge on any atom is -0.380 e. The van der Waals surface area contributed by atoms with Gasteiger partial charge < -0.3 is 5.32 Å². The smallest absolute Gasteiger partial charge is 0.164 e. The van der Waals surface area contributed by atoms with Crippen molar-refractivity contribution in [2.24, 2.45) is 0 Å². The fraction of sp³-hybridized carbons (Fsp3) is 0.538. The van der Waals surface area contributed by atoms with Crippen LogP contribution in [-0.4, -0.2) is 26.0 Å². The van der Waals surface area contributed by atoms with Crippen molar-refractivity contribution in [1.82, 2.24) is 0 Å². The van der Waals surface area contributed by atoms with E-state index in [4.69, 9.17) is 11.6 Å². The van der Waals surface area contributed by atoms with Crippen molar-refractivity contribution in [3.63, 3.8) is 0 Å². The van der Waals surface area contributed by atoms with E-state index in [1.54, 1.807) is 12.1 Å². The highest BCUT2D eigenvalue weighted by Gasteiger charge is 2.29. The number of rotatable bonds is 3. The molecule has 1 saturated carbocycles. The lowest BCUT2D eigenvalue weighted by Gasteiger charge is -2.29. The number of hydrogen-bond acceptors (Lipinski definition) is 3. The van der Waals surface area contributed by atoms with Gasteiger partial charge in [-0.05, 0) is 31.4 Å². The number of halogens is 2. The highest BCUT2D eigenvalue weighted by atomic mass is 35.5. The summed E-state index contributed by atoms with van der Waals surface area (Å²) < 4.78 is 36.9. The molecule has 0 aromatic heterocycles. The SMILES string of the molecule is CS(=O)(=O)C1CCCC(Nc2cccc(Cl)c2F)C1. The fourth-order valence-corrected chi connectivity index (χ4v) is 3.85. The Kier molecular flexibility index (Phi) is 4.36. The average Bonchev–Trinajstić information content (AvgIpc) is 2.34. The molecule has 1 fully saturated rings. The maximum Gasteiger partial charge on any atom is 0.164 e. The van der Waals surface area contributed by atoms with Gasteiger partial charge in [0.15, 0.2) is 5.82 Å². The summed E-state index contributed by atoms with van der Waals surface area (Å²) in [7, 11) is -3.03. The third-order valence-corrected chi connectivity index (χ3v) is 5.47. The summed E-state index contributed by atoms with van der Waals surface area (Å²) in [5.41, 5.74) is 0.339. The van der Waals surface area contributed by atoms with E-state index in [-0.39, 0.29) is 16.3 Å². The molecule has 0 spiro atoms. The van der Waals surface area contributed by atoms with Crippen molar-refractivity contribution in [3.05, 3.63) is 29.0 Å². The molecule has 3 nitrogen and oxygen atoms in total. The summed E-state index contributed by atoms with van der Waals surface area (Å²) in [6.45, 7) is 0. The predicted molar refractivity (Wildman–Crippen MR) is 75.9 cm³/mol. The highest BCUT2D eigenvalue weighted by Crippen LogP contribution is 2.28. The largest absolute Gasteiger partial charge is 0.380 e. The lowest BCUT2D eigenvalue weighted by molar-refractivity contribution is 0.451. The molecule has 2 unspecified atom stereocenters. The molecule has 0 heterocycles. The van der Waals surface area contributed by atoms with Crippen LogP contribution < -0.4 is 5.32 Å². The number of nitrogens with one attached hydrogen (secondary N) is 1. The topological polar surface area (TPSA) is 46.2 Å². The Morgan fingerprint density at radius 1 is 1.37 bits per heavy atom. The van der Waals surface area contributed by atoms with E-state index < -0.39 is 15.7 Å². The Morgan fingerprint density at radius 2 is 2.11 bits per heavy atom. The second kappa shape index (κ2) is 5.67. The zero-order chi connectivity index (χ0) is 14.0. The summed E-state index contributed by atoms with van der Waals surface area (Å²) in [5, 5.41) is 2.81. The van der Waals surface area contributed by atoms with E-state index in [1.165, 1.54) is 12.3 Å². The zero-order valence-electron chi connectivity index (χ0n) is 10.7. The van der Waals surface area contributed by atoms with Gasteiger partial charge in [0.25, 0.3) is 0 Å². The van der Waals surface area contributed by atoms with Crippen molar-refractivity contribution < 1.29 is 12.8 Å². The molecular weight excluding hydrogens is 289 g/mol. The second-order valence-electron chi connectivity index (χ2n) is 5.06. The van der Waals surface area contributed by atoms with E-state index in [1.807, 2.05) is 0 Å². The van der Waals surface area contributed by atoms with Crippen molar-refractivity contribution in [1.29, 1.82) is 0 Å². The first kappa shape index (κ1) is 14.6. The van der Waals surface area contributed by atoms with E-state index >= 15 is 0 Å². The maximum atomic E-state index is 13.8. The van der Waals surface area contributed by atoms with Crippen LogP contribution in [0.25, 0.3) is 0 Å². The first-order valence-corrected chi connectivity index (χ1v) is 8.60. The van der Waals surface area contributed by atoms with Crippen LogP contribution in [-0.2, 0) is 9.84 Å². The average molecular weight is 306 g/mol. The first-order valence-electron chi connectivity index (χ1n) is 6.27. The van der Waals surface area contributed by atoms with Crippen LogP contribution in [0.1, 0.15) is 25.7 Å². The van der Waals surface area contributed by atoms with Gasteiger partial charge in [-0.25, -0.2) is 12.8 Å². The summed E-state index contributed by atoms with van der Waals surface area (Å²) in [4.78, 5) is 0. The van der Waals surface area contributed by atoms with Crippen molar-refractivity contribution in [3.8, 4) is 0 Å². The molecule has 0 radical (unpaired) electrons. The molecule has 106 valence electrons. The van der Waals surface area contributed by atoms with Crippen molar-refractivity contribution in [2.45, 2.75) is 37.0 Å². The lowest BCUT2D eigenvalue weighted by Crippen LogP contribution is -2.34. The molecule has 6 heteroatoms. The van der Waals surface area contributed by atoms with Crippen LogP contribution in [0, 0.1) is 5.82 Å². The maximum absolute atomic E-state index is 13.8. The first-order chi connectivity index (χ1) is 8.88. The lowest BCUT2D eigenvalue weighted by atomic mass is 9.94. The van der Waals surface area contributed by atoms with Crippen LogP contribution in [0.2, 0.25) is 5.02 Å². The van der Waals surface area contributed by atoms with Gasteiger partial charge in [-0.2, -0.15) is 0 Å². The zero-order valence-corrected chi connectivity index (χ0v) is 12.3. The molecule has 19 heavy (non-hydrogen) atoms. The summed E-state index contributed by atoms with van der Waals surface area (Å²) >= 11 is 5.72. The van der Waals surface area contributed by atoms with E-state index in [0.29, 0.717) is 18.5 Å². The molecule has 1 aliphatic rings. The molecule has 0 aliphatic heterocycles. The molecule has 1 aromatic carbocycles. The minimum absolute atomic E-state index is 0.0264. The molecule has 2 rings (SSSR count). The van der Waals surface area contributed by atoms with Crippen LogP contribution in [0.3, 0.4) is 0 Å². The predicted octanol–water partition coefficient (Wildman–Crippen LogP) is 3.25. The van der Waals surface area contributed by atoms with E-state index in [0.717, 1.165) is 12.8 Å². The Labute approximate surface area is 118 Å². The Morgan fingerprint density at radius 3 is 2.79 bits per heavy atom. The van der Waals surface area contributed by atoms with Gasteiger partial charge in [-0.15, -0.1) is 0 Å². The molecule has 1 aliphatic carbocycles. The molecule has 0 amide bonds. The minimum atomic E-state index is -3.03. The number of hydrogen-bond donors (Lipinski definition) is 1. The van der Waals surface area contributed by atoms with Crippen LogP contribution in [0.4, 0.5) is 10.1 Å². The monoisotopic (exact) mass is 305 g/mol. The van der Waals surface area contributed by atoms with Gasteiger partial charge in [0.2, 0.25) is 0 Å². The van der Waals surface area contributed by atoms with Crippen LogP contribution >= 0.6 is 11.6 Å². The van der Waals surface area contributed by atoms with Gasteiger partial charge in [-0.1, -0.05) is 24.1 Å². The van der Waals surface area contributed by atoms with Crippen LogP contribution in [0.5, 0.6) is 0 Å². The number of anilines is 1. The normalized spacial score (nSPS) is 24.2. The second-order valence-corrected chi connectivity index (χ2v) is 7.79. The molecular formula is C13H17ClFNO2S. The van der Waals surface area contributed by atoms with Crippen molar-refractivity contribution in [2.75, 3.05) is 11.6 Å². The number of sulfone groups is 1. The molecule has 1 N–H and O–H groups in total. The summed E-state index contributed by atoms with van der Waals surface area (Å²) in [5.74, 6) is -0.481.